The van der Waals surface area contributed by atoms with Gasteiger partial charge >= 0.3 is 12.1 Å². The Morgan fingerprint density at radius 1 is 1.03 bits per heavy atom. The van der Waals surface area contributed by atoms with Crippen LogP contribution in [0, 0.1) is 0 Å². The largest absolute Gasteiger partial charge is 0.481 e. The van der Waals surface area contributed by atoms with Crippen molar-refractivity contribution in [2.75, 3.05) is 19.8 Å². The van der Waals surface area contributed by atoms with Crippen molar-refractivity contribution < 1.29 is 29.3 Å². The molecule has 8 heteroatoms. The zero-order valence-corrected chi connectivity index (χ0v) is 19.0. The van der Waals surface area contributed by atoms with Crippen molar-refractivity contribution in [3.05, 3.63) is 59.7 Å². The molecule has 2 aromatic carbocycles. The lowest BCUT2D eigenvalue weighted by Gasteiger charge is -2.27. The Hall–Kier alpha value is -3.39. The number of amides is 2. The van der Waals surface area contributed by atoms with E-state index >= 15 is 0 Å². The van der Waals surface area contributed by atoms with E-state index in [2.05, 4.69) is 5.32 Å². The molecule has 0 spiro atoms. The average Bonchev–Trinajstić information content (AvgIpc) is 3.63. The van der Waals surface area contributed by atoms with Crippen LogP contribution < -0.4 is 5.32 Å². The first kappa shape index (κ1) is 23.8. The molecule has 34 heavy (non-hydrogen) atoms. The first-order valence-corrected chi connectivity index (χ1v) is 11.7. The SMILES string of the molecule is O=C(O)CCC(NC(=O)OCC1c2ccccc2-c2ccccc21)C(=O)N(CCCO)C1CC1. The zero-order chi connectivity index (χ0) is 24.1. The Bertz CT molecular complexity index is 1010. The summed E-state index contributed by atoms with van der Waals surface area (Å²) in [4.78, 5) is 38.6. The molecule has 0 heterocycles. The van der Waals surface area contributed by atoms with Gasteiger partial charge in [0, 0.05) is 31.5 Å². The molecule has 2 aromatic rings. The van der Waals surface area contributed by atoms with Crippen molar-refractivity contribution >= 4 is 18.0 Å². The molecule has 3 N–H and O–H groups in total. The summed E-state index contributed by atoms with van der Waals surface area (Å²) < 4.78 is 5.56. The van der Waals surface area contributed by atoms with Gasteiger partial charge in [0.15, 0.2) is 0 Å². The maximum absolute atomic E-state index is 13.1. The summed E-state index contributed by atoms with van der Waals surface area (Å²) in [6.07, 6.45) is 1.14. The van der Waals surface area contributed by atoms with Crippen LogP contribution in [-0.4, -0.2) is 64.9 Å². The number of rotatable bonds is 11. The smallest absolute Gasteiger partial charge is 0.407 e. The molecule has 0 aliphatic heterocycles. The molecular weight excluding hydrogens is 436 g/mol. The van der Waals surface area contributed by atoms with Crippen LogP contribution in [0.2, 0.25) is 0 Å². The average molecular weight is 467 g/mol. The van der Waals surface area contributed by atoms with Crippen molar-refractivity contribution in [3.8, 4) is 11.1 Å². The minimum atomic E-state index is -1.04. The number of carbonyl (C=O) groups is 3. The molecule has 0 bridgehead atoms. The number of nitrogens with one attached hydrogen (secondary N) is 1. The molecule has 0 radical (unpaired) electrons. The fraction of sp³-hybridized carbons (Fsp3) is 0.423. The molecule has 0 saturated heterocycles. The molecular formula is C26H30N2O6. The number of hydrogen-bond acceptors (Lipinski definition) is 5. The predicted molar refractivity (Wildman–Crippen MR) is 125 cm³/mol. The van der Waals surface area contributed by atoms with E-state index in [0.717, 1.165) is 35.1 Å². The van der Waals surface area contributed by atoms with E-state index < -0.39 is 18.1 Å². The molecule has 1 atom stereocenters. The van der Waals surface area contributed by atoms with E-state index in [1.54, 1.807) is 4.90 Å². The lowest BCUT2D eigenvalue weighted by atomic mass is 9.98. The van der Waals surface area contributed by atoms with Gasteiger partial charge in [0.2, 0.25) is 5.91 Å². The number of ether oxygens (including phenoxy) is 1. The van der Waals surface area contributed by atoms with Gasteiger partial charge in [0.25, 0.3) is 0 Å². The normalized spacial score (nSPS) is 15.2. The summed E-state index contributed by atoms with van der Waals surface area (Å²) in [5.74, 6) is -1.48. The van der Waals surface area contributed by atoms with Crippen LogP contribution in [0.25, 0.3) is 11.1 Å². The van der Waals surface area contributed by atoms with Gasteiger partial charge < -0.3 is 25.2 Å². The monoisotopic (exact) mass is 466 g/mol. The van der Waals surface area contributed by atoms with Crippen LogP contribution in [0.4, 0.5) is 4.79 Å². The van der Waals surface area contributed by atoms with Gasteiger partial charge in [0.1, 0.15) is 12.6 Å². The Balaban J connectivity index is 1.43. The highest BCUT2D eigenvalue weighted by atomic mass is 16.5. The number of benzene rings is 2. The van der Waals surface area contributed by atoms with Gasteiger partial charge in [-0.1, -0.05) is 48.5 Å². The molecule has 1 saturated carbocycles. The number of carbonyl (C=O) groups excluding carboxylic acids is 2. The number of fused-ring (bicyclic) bond motifs is 3. The summed E-state index contributed by atoms with van der Waals surface area (Å²) in [7, 11) is 0. The summed E-state index contributed by atoms with van der Waals surface area (Å²) in [5.41, 5.74) is 4.40. The topological polar surface area (TPSA) is 116 Å². The van der Waals surface area contributed by atoms with Crippen molar-refractivity contribution in [1.29, 1.82) is 0 Å². The minimum Gasteiger partial charge on any atom is -0.481 e. The van der Waals surface area contributed by atoms with Gasteiger partial charge in [-0.25, -0.2) is 4.79 Å². The maximum Gasteiger partial charge on any atom is 0.407 e. The van der Waals surface area contributed by atoms with Crippen LogP contribution >= 0.6 is 0 Å². The van der Waals surface area contributed by atoms with Crippen LogP contribution in [0.5, 0.6) is 0 Å². The molecule has 2 amide bonds. The van der Waals surface area contributed by atoms with E-state index in [1.807, 2.05) is 48.5 Å². The predicted octanol–water partition coefficient (Wildman–Crippen LogP) is 3.13. The molecule has 2 aliphatic carbocycles. The maximum atomic E-state index is 13.1. The zero-order valence-electron chi connectivity index (χ0n) is 19.0. The van der Waals surface area contributed by atoms with Crippen molar-refractivity contribution in [2.24, 2.45) is 0 Å². The van der Waals surface area contributed by atoms with Crippen molar-refractivity contribution in [3.63, 3.8) is 0 Å². The molecule has 1 unspecified atom stereocenters. The van der Waals surface area contributed by atoms with Gasteiger partial charge in [-0.05, 0) is 47.9 Å². The van der Waals surface area contributed by atoms with Crippen LogP contribution in [0.15, 0.2) is 48.5 Å². The number of carboxylic acid groups (broad SMARTS) is 1. The fourth-order valence-electron chi connectivity index (χ4n) is 4.61. The molecule has 0 aromatic heterocycles. The third-order valence-corrected chi connectivity index (χ3v) is 6.41. The highest BCUT2D eigenvalue weighted by molar-refractivity contribution is 5.87. The molecule has 180 valence electrons. The van der Waals surface area contributed by atoms with Gasteiger partial charge in [0.05, 0.1) is 0 Å². The third-order valence-electron chi connectivity index (χ3n) is 6.41. The Labute approximate surface area is 198 Å². The first-order valence-electron chi connectivity index (χ1n) is 11.7. The summed E-state index contributed by atoms with van der Waals surface area (Å²) >= 11 is 0. The summed E-state index contributed by atoms with van der Waals surface area (Å²) in [6.45, 7) is 0.433. The summed E-state index contributed by atoms with van der Waals surface area (Å²) in [6, 6.07) is 15.1. The van der Waals surface area contributed by atoms with Crippen LogP contribution in [0.1, 0.15) is 49.1 Å². The highest BCUT2D eigenvalue weighted by Crippen LogP contribution is 2.44. The molecule has 4 rings (SSSR count). The number of alkyl carbamates (subject to hydrolysis) is 1. The number of aliphatic carboxylic acids is 1. The van der Waals surface area contributed by atoms with Gasteiger partial charge in [-0.15, -0.1) is 0 Å². The minimum absolute atomic E-state index is 0.0271. The van der Waals surface area contributed by atoms with Crippen LogP contribution in [-0.2, 0) is 14.3 Å². The first-order chi connectivity index (χ1) is 16.5. The lowest BCUT2D eigenvalue weighted by Crippen LogP contribution is -2.50. The third kappa shape index (κ3) is 5.39. The molecule has 8 nitrogen and oxygen atoms in total. The standard InChI is InChI=1S/C26H30N2O6/c29-15-5-14-28(17-10-11-17)25(32)23(12-13-24(30)31)27-26(33)34-16-22-20-8-3-1-6-18(20)19-7-2-4-9-21(19)22/h1-4,6-9,17,22-23,29H,5,10-16H2,(H,27,33)(H,30,31). The summed E-state index contributed by atoms with van der Waals surface area (Å²) in [5, 5.41) is 20.9. The Kier molecular flexibility index (Phi) is 7.47. The number of hydrogen-bond donors (Lipinski definition) is 3. The van der Waals surface area contributed by atoms with Gasteiger partial charge in [-0.2, -0.15) is 0 Å². The number of aliphatic hydroxyl groups is 1. The van der Waals surface area contributed by atoms with Crippen LogP contribution in [0.3, 0.4) is 0 Å². The van der Waals surface area contributed by atoms with E-state index in [1.165, 1.54) is 0 Å². The number of aliphatic hydroxyl groups excluding tert-OH is 1. The Morgan fingerprint density at radius 2 is 1.65 bits per heavy atom. The Morgan fingerprint density at radius 3 is 2.21 bits per heavy atom. The van der Waals surface area contributed by atoms with Gasteiger partial charge in [-0.3, -0.25) is 9.59 Å². The van der Waals surface area contributed by atoms with E-state index in [-0.39, 0.29) is 43.9 Å². The van der Waals surface area contributed by atoms with Crippen molar-refractivity contribution in [2.45, 2.75) is 50.1 Å². The number of nitrogens with zero attached hydrogens (tertiary/aromatic N) is 1. The second-order valence-electron chi connectivity index (χ2n) is 8.79. The number of carboxylic acids is 1. The lowest BCUT2D eigenvalue weighted by molar-refractivity contribution is -0.138. The van der Waals surface area contributed by atoms with E-state index in [0.29, 0.717) is 13.0 Å². The second kappa shape index (κ2) is 10.7. The van der Waals surface area contributed by atoms with E-state index in [9.17, 15) is 14.4 Å². The quantitative estimate of drug-likeness (QED) is 0.469. The molecule has 1 fully saturated rings. The highest BCUT2D eigenvalue weighted by Gasteiger charge is 2.36. The van der Waals surface area contributed by atoms with E-state index in [4.69, 9.17) is 14.9 Å². The molecule has 2 aliphatic rings. The second-order valence-corrected chi connectivity index (χ2v) is 8.79. The fourth-order valence-corrected chi connectivity index (χ4v) is 4.61. The van der Waals surface area contributed by atoms with Crippen molar-refractivity contribution in [1.82, 2.24) is 10.2 Å².